The summed E-state index contributed by atoms with van der Waals surface area (Å²) in [6.07, 6.45) is 55.7. The monoisotopic (exact) mass is 862 g/mol. The summed E-state index contributed by atoms with van der Waals surface area (Å²) >= 11 is 0. The molecular formula is C55H107NO5. The van der Waals surface area contributed by atoms with Crippen LogP contribution in [0.4, 0.5) is 0 Å². The van der Waals surface area contributed by atoms with Crippen molar-refractivity contribution >= 4 is 11.9 Å². The zero-order valence-corrected chi connectivity index (χ0v) is 41.3. The van der Waals surface area contributed by atoms with Crippen LogP contribution in [0.15, 0.2) is 12.2 Å². The van der Waals surface area contributed by atoms with Gasteiger partial charge in [-0.25, -0.2) is 0 Å². The van der Waals surface area contributed by atoms with Crippen LogP contribution in [-0.4, -0.2) is 46.9 Å². The van der Waals surface area contributed by atoms with Crippen LogP contribution in [0.5, 0.6) is 0 Å². The topological polar surface area (TPSA) is 95.9 Å². The van der Waals surface area contributed by atoms with E-state index in [1.807, 2.05) is 0 Å². The minimum atomic E-state index is -0.785. The largest absolute Gasteiger partial charge is 0.462 e. The number of nitrogens with one attached hydrogen (secondary N) is 1. The molecule has 362 valence electrons. The smallest absolute Gasteiger partial charge is 0.306 e. The van der Waals surface area contributed by atoms with Gasteiger partial charge in [0.25, 0.3) is 0 Å². The molecule has 3 unspecified atom stereocenters. The highest BCUT2D eigenvalue weighted by atomic mass is 16.5. The summed E-state index contributed by atoms with van der Waals surface area (Å²) in [7, 11) is 0. The van der Waals surface area contributed by atoms with Gasteiger partial charge in [0.05, 0.1) is 25.2 Å². The number of carbonyl (C=O) groups excluding carboxylic acids is 2. The molecule has 0 aromatic carbocycles. The number of hydrogen-bond acceptors (Lipinski definition) is 5. The molecule has 6 nitrogen and oxygen atoms in total. The van der Waals surface area contributed by atoms with Crippen molar-refractivity contribution in [3.8, 4) is 0 Å². The quantitative estimate of drug-likeness (QED) is 0.0322. The molecule has 0 aromatic rings. The summed E-state index contributed by atoms with van der Waals surface area (Å²) in [4.78, 5) is 26.2. The van der Waals surface area contributed by atoms with Crippen LogP contribution in [-0.2, 0) is 14.3 Å². The molecule has 0 spiro atoms. The molecule has 3 atom stereocenters. The number of aliphatic hydroxyl groups is 2. The van der Waals surface area contributed by atoms with Crippen molar-refractivity contribution in [1.82, 2.24) is 5.32 Å². The number of allylic oxidation sites excluding steroid dienone is 2. The predicted molar refractivity (Wildman–Crippen MR) is 264 cm³/mol. The van der Waals surface area contributed by atoms with Crippen LogP contribution in [0.2, 0.25) is 0 Å². The van der Waals surface area contributed by atoms with Gasteiger partial charge in [-0.15, -0.1) is 0 Å². The van der Waals surface area contributed by atoms with Crippen molar-refractivity contribution in [2.75, 3.05) is 6.61 Å². The fourth-order valence-electron chi connectivity index (χ4n) is 8.66. The van der Waals surface area contributed by atoms with E-state index >= 15 is 0 Å². The number of ether oxygens (including phenoxy) is 1. The second-order valence-corrected chi connectivity index (χ2v) is 19.0. The number of amides is 1. The molecule has 0 bridgehead atoms. The second-order valence-electron chi connectivity index (χ2n) is 19.0. The molecule has 6 heteroatoms. The first kappa shape index (κ1) is 59.6. The van der Waals surface area contributed by atoms with E-state index in [2.05, 4.69) is 38.2 Å². The molecule has 0 saturated carbocycles. The fourth-order valence-corrected chi connectivity index (χ4v) is 8.66. The zero-order valence-electron chi connectivity index (χ0n) is 41.3. The summed E-state index contributed by atoms with van der Waals surface area (Å²) in [6, 6.07) is -0.699. The maximum atomic E-state index is 13.2. The van der Waals surface area contributed by atoms with Crippen LogP contribution in [0, 0.1) is 0 Å². The van der Waals surface area contributed by atoms with Crippen LogP contribution >= 0.6 is 0 Å². The molecule has 0 aliphatic rings. The Hall–Kier alpha value is -1.40. The Labute approximate surface area is 380 Å². The van der Waals surface area contributed by atoms with Gasteiger partial charge in [-0.2, -0.15) is 0 Å². The van der Waals surface area contributed by atoms with E-state index in [-0.39, 0.29) is 24.9 Å². The van der Waals surface area contributed by atoms with Crippen LogP contribution < -0.4 is 5.32 Å². The Morgan fingerprint density at radius 1 is 0.459 bits per heavy atom. The van der Waals surface area contributed by atoms with E-state index < -0.39 is 18.2 Å². The standard InChI is InChI=1S/C55H107NO5/c1-4-7-10-13-16-19-21-23-25-26-27-28-29-31-33-36-39-42-45-48-55(60)61-51(46-43-40-37-35-32-30-24-22-20-17-14-11-8-5-2)49-54(59)56-52(50-57)53(58)47-44-41-38-34-18-15-12-9-6-3/h30,32,51-53,57-58H,4-29,31,33-50H2,1-3H3,(H,56,59)/b32-30+. The lowest BCUT2D eigenvalue weighted by molar-refractivity contribution is -0.151. The molecule has 0 fully saturated rings. The number of aliphatic hydroxyl groups excluding tert-OH is 2. The summed E-state index contributed by atoms with van der Waals surface area (Å²) < 4.78 is 5.94. The van der Waals surface area contributed by atoms with Gasteiger partial charge in [0.15, 0.2) is 0 Å². The second kappa shape index (κ2) is 49.6. The maximum absolute atomic E-state index is 13.2. The number of hydrogen-bond donors (Lipinski definition) is 3. The van der Waals surface area contributed by atoms with E-state index in [0.29, 0.717) is 19.3 Å². The van der Waals surface area contributed by atoms with Gasteiger partial charge < -0.3 is 20.3 Å². The normalized spacial score (nSPS) is 13.2. The maximum Gasteiger partial charge on any atom is 0.306 e. The van der Waals surface area contributed by atoms with E-state index in [1.165, 1.54) is 193 Å². The Kier molecular flexibility index (Phi) is 48.5. The van der Waals surface area contributed by atoms with Gasteiger partial charge in [0.1, 0.15) is 6.10 Å². The lowest BCUT2D eigenvalue weighted by Gasteiger charge is -2.24. The average molecular weight is 862 g/mol. The number of carbonyl (C=O) groups is 2. The van der Waals surface area contributed by atoms with Gasteiger partial charge in [-0.3, -0.25) is 9.59 Å². The zero-order chi connectivity index (χ0) is 44.5. The van der Waals surface area contributed by atoms with Gasteiger partial charge >= 0.3 is 5.97 Å². The lowest BCUT2D eigenvalue weighted by atomic mass is 10.0. The molecular weight excluding hydrogens is 755 g/mol. The number of rotatable bonds is 50. The highest BCUT2D eigenvalue weighted by Gasteiger charge is 2.24. The molecule has 0 aliphatic heterocycles. The number of esters is 1. The molecule has 1 amide bonds. The van der Waals surface area contributed by atoms with Gasteiger partial charge in [0.2, 0.25) is 5.91 Å². The first-order valence-electron chi connectivity index (χ1n) is 27.4. The van der Waals surface area contributed by atoms with E-state index in [4.69, 9.17) is 4.74 Å². The van der Waals surface area contributed by atoms with Gasteiger partial charge in [-0.1, -0.05) is 251 Å². The van der Waals surface area contributed by atoms with Crippen molar-refractivity contribution < 1.29 is 24.5 Å². The van der Waals surface area contributed by atoms with Crippen LogP contribution in [0.3, 0.4) is 0 Å². The highest BCUT2D eigenvalue weighted by molar-refractivity contribution is 5.77. The molecule has 0 aliphatic carbocycles. The highest BCUT2D eigenvalue weighted by Crippen LogP contribution is 2.18. The molecule has 61 heavy (non-hydrogen) atoms. The Bertz CT molecular complexity index is 924. The number of unbranched alkanes of at least 4 members (excludes halogenated alkanes) is 36. The van der Waals surface area contributed by atoms with E-state index in [0.717, 1.165) is 64.2 Å². The SMILES string of the molecule is CCCCCCCCC/C=C/CCCCCC(CC(=O)NC(CO)C(O)CCCCCCCCCCC)OC(=O)CCCCCCCCCCCCCCCCCCCCC. The van der Waals surface area contributed by atoms with Crippen molar-refractivity contribution in [1.29, 1.82) is 0 Å². The van der Waals surface area contributed by atoms with Crippen LogP contribution in [0.25, 0.3) is 0 Å². The molecule has 0 radical (unpaired) electrons. The first-order valence-corrected chi connectivity index (χ1v) is 27.4. The molecule has 0 saturated heterocycles. The van der Waals surface area contributed by atoms with Gasteiger partial charge in [0, 0.05) is 6.42 Å². The van der Waals surface area contributed by atoms with Gasteiger partial charge in [-0.05, 0) is 51.4 Å². The average Bonchev–Trinajstić information content (AvgIpc) is 3.25. The van der Waals surface area contributed by atoms with E-state index in [9.17, 15) is 19.8 Å². The van der Waals surface area contributed by atoms with Crippen molar-refractivity contribution in [3.05, 3.63) is 12.2 Å². The lowest BCUT2D eigenvalue weighted by Crippen LogP contribution is -2.46. The summed E-state index contributed by atoms with van der Waals surface area (Å²) in [5.74, 6) is -0.470. The summed E-state index contributed by atoms with van der Waals surface area (Å²) in [6.45, 7) is 6.49. The minimum Gasteiger partial charge on any atom is -0.462 e. The predicted octanol–water partition coefficient (Wildman–Crippen LogP) is 16.5. The summed E-state index contributed by atoms with van der Waals surface area (Å²) in [5.41, 5.74) is 0. The summed E-state index contributed by atoms with van der Waals surface area (Å²) in [5, 5.41) is 23.7. The fraction of sp³-hybridized carbons (Fsp3) is 0.927. The third-order valence-corrected chi connectivity index (χ3v) is 12.8. The Balaban J connectivity index is 4.47. The molecule has 0 rings (SSSR count). The van der Waals surface area contributed by atoms with Crippen molar-refractivity contribution in [2.45, 2.75) is 322 Å². The van der Waals surface area contributed by atoms with Crippen molar-refractivity contribution in [3.63, 3.8) is 0 Å². The van der Waals surface area contributed by atoms with Crippen molar-refractivity contribution in [2.24, 2.45) is 0 Å². The Morgan fingerprint density at radius 2 is 0.787 bits per heavy atom. The molecule has 0 aromatic heterocycles. The first-order chi connectivity index (χ1) is 30.0. The third-order valence-electron chi connectivity index (χ3n) is 12.8. The Morgan fingerprint density at radius 3 is 1.18 bits per heavy atom. The van der Waals surface area contributed by atoms with E-state index in [1.54, 1.807) is 0 Å². The molecule has 3 N–H and O–H groups in total. The minimum absolute atomic E-state index is 0.0739. The molecule has 0 heterocycles. The van der Waals surface area contributed by atoms with Crippen LogP contribution in [0.1, 0.15) is 303 Å². The third kappa shape index (κ3) is 45.0.